The highest BCUT2D eigenvalue weighted by atomic mass is 79.9. The topological polar surface area (TPSA) is 12.5 Å². The molecule has 0 N–H and O–H groups in total. The minimum atomic E-state index is -0.188. The fraction of sp³-hybridized carbons (Fsp3) is 0.538. The third-order valence-corrected chi connectivity index (χ3v) is 3.71. The molecule has 0 aliphatic carbocycles. The lowest BCUT2D eigenvalue weighted by molar-refractivity contribution is -0.0212. The maximum atomic E-state index is 13.5. The Hall–Kier alpha value is -0.450. The second kappa shape index (κ2) is 5.46. The smallest absolute Gasteiger partial charge is 0.137 e. The van der Waals surface area contributed by atoms with Crippen LogP contribution in [0.1, 0.15) is 18.1 Å². The highest BCUT2D eigenvalue weighted by Gasteiger charge is 2.17. The van der Waals surface area contributed by atoms with E-state index in [0.29, 0.717) is 4.47 Å². The summed E-state index contributed by atoms with van der Waals surface area (Å²) in [6.45, 7) is 7.48. The van der Waals surface area contributed by atoms with Gasteiger partial charge in [0, 0.05) is 19.6 Å². The van der Waals surface area contributed by atoms with Crippen LogP contribution in [0.15, 0.2) is 16.6 Å². The van der Waals surface area contributed by atoms with Crippen LogP contribution in [0.5, 0.6) is 0 Å². The lowest BCUT2D eigenvalue weighted by Gasteiger charge is -2.31. The Bertz CT molecular complexity index is 411. The molecule has 1 aliphatic rings. The molecule has 1 saturated heterocycles. The number of nitrogens with zero attached hydrogens (tertiary/aromatic N) is 1. The monoisotopic (exact) mass is 301 g/mol. The van der Waals surface area contributed by atoms with Gasteiger partial charge in [-0.3, -0.25) is 4.90 Å². The molecular weight excluding hydrogens is 285 g/mol. The number of aryl methyl sites for hydroxylation is 1. The van der Waals surface area contributed by atoms with Crippen LogP contribution >= 0.6 is 15.9 Å². The van der Waals surface area contributed by atoms with E-state index in [-0.39, 0.29) is 11.9 Å². The summed E-state index contributed by atoms with van der Waals surface area (Å²) >= 11 is 3.21. The third-order valence-electron chi connectivity index (χ3n) is 3.10. The number of ether oxygens (including phenoxy) is 1. The summed E-state index contributed by atoms with van der Waals surface area (Å²) in [6.07, 6.45) is 0.268. The summed E-state index contributed by atoms with van der Waals surface area (Å²) in [7, 11) is 0. The maximum Gasteiger partial charge on any atom is 0.137 e. The molecule has 4 heteroatoms. The second-order valence-electron chi connectivity index (χ2n) is 4.61. The van der Waals surface area contributed by atoms with Gasteiger partial charge in [-0.2, -0.15) is 0 Å². The molecule has 1 aromatic rings. The lowest BCUT2D eigenvalue weighted by atomic mass is 10.1. The molecule has 1 atom stereocenters. The predicted octanol–water partition coefficient (Wildman–Crippen LogP) is 3.12. The van der Waals surface area contributed by atoms with Crippen LogP contribution in [0.3, 0.4) is 0 Å². The third kappa shape index (κ3) is 3.27. The summed E-state index contributed by atoms with van der Waals surface area (Å²) < 4.78 is 19.5. The normalized spacial score (nSPS) is 21.8. The molecule has 1 heterocycles. The Morgan fingerprint density at radius 2 is 2.29 bits per heavy atom. The van der Waals surface area contributed by atoms with E-state index in [0.717, 1.165) is 37.4 Å². The molecule has 1 fully saturated rings. The van der Waals surface area contributed by atoms with E-state index in [9.17, 15) is 4.39 Å². The van der Waals surface area contributed by atoms with Crippen molar-refractivity contribution in [2.75, 3.05) is 19.7 Å². The van der Waals surface area contributed by atoms with Crippen LogP contribution < -0.4 is 0 Å². The molecule has 94 valence electrons. The molecule has 17 heavy (non-hydrogen) atoms. The van der Waals surface area contributed by atoms with Crippen molar-refractivity contribution >= 4 is 15.9 Å². The van der Waals surface area contributed by atoms with E-state index >= 15 is 0 Å². The quantitative estimate of drug-likeness (QED) is 0.832. The fourth-order valence-electron chi connectivity index (χ4n) is 2.13. The fourth-order valence-corrected chi connectivity index (χ4v) is 2.59. The Morgan fingerprint density at radius 1 is 1.53 bits per heavy atom. The molecule has 2 nitrogen and oxygen atoms in total. The maximum absolute atomic E-state index is 13.5. The van der Waals surface area contributed by atoms with Crippen LogP contribution in [0.25, 0.3) is 0 Å². The van der Waals surface area contributed by atoms with Gasteiger partial charge in [0.2, 0.25) is 0 Å². The van der Waals surface area contributed by atoms with Gasteiger partial charge in [-0.1, -0.05) is 0 Å². The summed E-state index contributed by atoms with van der Waals surface area (Å²) in [6, 6.07) is 3.47. The van der Waals surface area contributed by atoms with E-state index in [2.05, 4.69) is 27.8 Å². The number of halogens is 2. The van der Waals surface area contributed by atoms with Gasteiger partial charge in [-0.25, -0.2) is 4.39 Å². The molecule has 0 saturated carbocycles. The van der Waals surface area contributed by atoms with Gasteiger partial charge in [0.05, 0.1) is 17.2 Å². The van der Waals surface area contributed by atoms with Crippen molar-refractivity contribution in [2.24, 2.45) is 0 Å². The molecule has 0 spiro atoms. The summed E-state index contributed by atoms with van der Waals surface area (Å²) in [5, 5.41) is 0. The van der Waals surface area contributed by atoms with Crippen LogP contribution in [0, 0.1) is 12.7 Å². The zero-order valence-corrected chi connectivity index (χ0v) is 11.8. The Kier molecular flexibility index (Phi) is 4.17. The predicted molar refractivity (Wildman–Crippen MR) is 69.5 cm³/mol. The van der Waals surface area contributed by atoms with Gasteiger partial charge >= 0.3 is 0 Å². The number of rotatable bonds is 2. The Balaban J connectivity index is 2.10. The zero-order chi connectivity index (χ0) is 12.4. The summed E-state index contributed by atoms with van der Waals surface area (Å²) in [5.41, 5.74) is 2.18. The van der Waals surface area contributed by atoms with Gasteiger partial charge in [0.15, 0.2) is 0 Å². The van der Waals surface area contributed by atoms with Crippen molar-refractivity contribution in [1.29, 1.82) is 0 Å². The van der Waals surface area contributed by atoms with Gasteiger partial charge < -0.3 is 4.74 Å². The highest BCUT2D eigenvalue weighted by Crippen LogP contribution is 2.22. The first kappa shape index (κ1) is 13.0. The standard InChI is InChI=1S/C13H17BrFNO/c1-9-5-12(14)13(15)6-11(9)8-16-3-4-17-10(2)7-16/h5-6,10H,3-4,7-8H2,1-2H3. The van der Waals surface area contributed by atoms with Gasteiger partial charge in [-0.05, 0) is 53.0 Å². The average Bonchev–Trinajstić information content (AvgIpc) is 2.26. The van der Waals surface area contributed by atoms with Gasteiger partial charge in [0.1, 0.15) is 5.82 Å². The Labute approximate surface area is 110 Å². The molecular formula is C13H17BrFNO. The molecule has 2 rings (SSSR count). The van der Waals surface area contributed by atoms with Crippen LogP contribution in [-0.4, -0.2) is 30.7 Å². The molecule has 0 bridgehead atoms. The van der Waals surface area contributed by atoms with Crippen LogP contribution in [-0.2, 0) is 11.3 Å². The van der Waals surface area contributed by atoms with Crippen LogP contribution in [0.4, 0.5) is 4.39 Å². The molecule has 0 radical (unpaired) electrons. The second-order valence-corrected chi connectivity index (χ2v) is 5.46. The molecule has 0 amide bonds. The largest absolute Gasteiger partial charge is 0.376 e. The Morgan fingerprint density at radius 3 is 3.00 bits per heavy atom. The van der Waals surface area contributed by atoms with Crippen LogP contribution in [0.2, 0.25) is 0 Å². The number of hydrogen-bond acceptors (Lipinski definition) is 2. The molecule has 0 aromatic heterocycles. The minimum Gasteiger partial charge on any atom is -0.376 e. The van der Waals surface area contributed by atoms with E-state index < -0.39 is 0 Å². The van der Waals surface area contributed by atoms with Crippen molar-refractivity contribution in [3.8, 4) is 0 Å². The minimum absolute atomic E-state index is 0.188. The van der Waals surface area contributed by atoms with E-state index in [1.165, 1.54) is 0 Å². The molecule has 1 unspecified atom stereocenters. The van der Waals surface area contributed by atoms with E-state index in [4.69, 9.17) is 4.74 Å². The number of hydrogen-bond donors (Lipinski definition) is 0. The SMILES string of the molecule is Cc1cc(Br)c(F)cc1CN1CCOC(C)C1. The first-order valence-electron chi connectivity index (χ1n) is 5.84. The molecule has 1 aromatic carbocycles. The lowest BCUT2D eigenvalue weighted by Crippen LogP contribution is -2.40. The number of morpholine rings is 1. The van der Waals surface area contributed by atoms with E-state index in [1.54, 1.807) is 6.07 Å². The zero-order valence-electron chi connectivity index (χ0n) is 10.2. The van der Waals surface area contributed by atoms with Crippen molar-refractivity contribution in [3.63, 3.8) is 0 Å². The van der Waals surface area contributed by atoms with Crippen molar-refractivity contribution in [3.05, 3.63) is 33.5 Å². The summed E-state index contributed by atoms with van der Waals surface area (Å²) in [4.78, 5) is 2.31. The van der Waals surface area contributed by atoms with E-state index in [1.807, 2.05) is 13.0 Å². The first-order valence-corrected chi connectivity index (χ1v) is 6.64. The highest BCUT2D eigenvalue weighted by molar-refractivity contribution is 9.10. The van der Waals surface area contributed by atoms with Crippen molar-refractivity contribution in [1.82, 2.24) is 4.90 Å². The first-order chi connectivity index (χ1) is 8.06. The number of benzene rings is 1. The average molecular weight is 302 g/mol. The summed E-state index contributed by atoms with van der Waals surface area (Å²) in [5.74, 6) is -0.188. The van der Waals surface area contributed by atoms with Gasteiger partial charge in [-0.15, -0.1) is 0 Å². The van der Waals surface area contributed by atoms with Crippen molar-refractivity contribution in [2.45, 2.75) is 26.5 Å². The van der Waals surface area contributed by atoms with Gasteiger partial charge in [0.25, 0.3) is 0 Å². The molecule has 1 aliphatic heterocycles. The van der Waals surface area contributed by atoms with Crippen molar-refractivity contribution < 1.29 is 9.13 Å².